The SMILES string of the molecule is NC(=O)OC(C#Cc1ccccc1)Cc1cc2ccccc2[nH]1. The quantitative estimate of drug-likeness (QED) is 0.729. The number of H-pyrrole nitrogens is 1. The van der Waals surface area contributed by atoms with Crippen molar-refractivity contribution in [2.45, 2.75) is 12.5 Å². The number of hydrogen-bond donors (Lipinski definition) is 2. The summed E-state index contributed by atoms with van der Waals surface area (Å²) < 4.78 is 5.12. The fourth-order valence-electron chi connectivity index (χ4n) is 2.39. The Hall–Kier alpha value is -3.19. The molecule has 0 bridgehead atoms. The van der Waals surface area contributed by atoms with Crippen LogP contribution in [0, 0.1) is 11.8 Å². The number of carbonyl (C=O) groups excluding carboxylic acids is 1. The molecule has 3 rings (SSSR count). The van der Waals surface area contributed by atoms with Crippen molar-refractivity contribution in [2.75, 3.05) is 0 Å². The van der Waals surface area contributed by atoms with Crippen molar-refractivity contribution in [3.8, 4) is 11.8 Å². The van der Waals surface area contributed by atoms with Crippen LogP contribution in [0.25, 0.3) is 10.9 Å². The zero-order valence-corrected chi connectivity index (χ0v) is 12.5. The molecule has 1 atom stereocenters. The van der Waals surface area contributed by atoms with Crippen molar-refractivity contribution >= 4 is 17.0 Å². The van der Waals surface area contributed by atoms with E-state index < -0.39 is 12.2 Å². The van der Waals surface area contributed by atoms with Crippen LogP contribution in [0.3, 0.4) is 0 Å². The highest BCUT2D eigenvalue weighted by Crippen LogP contribution is 2.16. The zero-order chi connectivity index (χ0) is 16.1. The van der Waals surface area contributed by atoms with Gasteiger partial charge in [0, 0.05) is 23.2 Å². The van der Waals surface area contributed by atoms with Crippen LogP contribution < -0.4 is 5.73 Å². The molecule has 2 aromatic carbocycles. The normalized spacial score (nSPS) is 11.5. The molecule has 1 aromatic heterocycles. The largest absolute Gasteiger partial charge is 0.433 e. The van der Waals surface area contributed by atoms with Crippen LogP contribution in [-0.2, 0) is 11.2 Å². The lowest BCUT2D eigenvalue weighted by Gasteiger charge is -2.09. The van der Waals surface area contributed by atoms with Gasteiger partial charge in [-0.15, -0.1) is 0 Å². The molecule has 1 unspecified atom stereocenters. The monoisotopic (exact) mass is 304 g/mol. The van der Waals surface area contributed by atoms with E-state index in [4.69, 9.17) is 10.5 Å². The number of rotatable bonds is 3. The van der Waals surface area contributed by atoms with E-state index in [1.54, 1.807) is 0 Å². The third kappa shape index (κ3) is 3.92. The van der Waals surface area contributed by atoms with E-state index >= 15 is 0 Å². The molecule has 23 heavy (non-hydrogen) atoms. The molecule has 0 radical (unpaired) electrons. The molecule has 0 saturated carbocycles. The predicted molar refractivity (Wildman–Crippen MR) is 89.8 cm³/mol. The summed E-state index contributed by atoms with van der Waals surface area (Å²) >= 11 is 0. The molecule has 0 aliphatic heterocycles. The lowest BCUT2D eigenvalue weighted by molar-refractivity contribution is 0.133. The van der Waals surface area contributed by atoms with Gasteiger partial charge in [0.05, 0.1) is 0 Å². The van der Waals surface area contributed by atoms with Crippen molar-refractivity contribution in [2.24, 2.45) is 5.73 Å². The van der Waals surface area contributed by atoms with Gasteiger partial charge in [0.25, 0.3) is 0 Å². The number of hydrogen-bond acceptors (Lipinski definition) is 2. The highest BCUT2D eigenvalue weighted by Gasteiger charge is 2.12. The first-order valence-electron chi connectivity index (χ1n) is 7.30. The van der Waals surface area contributed by atoms with Gasteiger partial charge in [0.2, 0.25) is 0 Å². The number of aromatic amines is 1. The summed E-state index contributed by atoms with van der Waals surface area (Å²) in [6, 6.07) is 19.5. The van der Waals surface area contributed by atoms with Gasteiger partial charge in [-0.05, 0) is 29.7 Å². The average Bonchev–Trinajstić information content (AvgIpc) is 2.95. The lowest BCUT2D eigenvalue weighted by Crippen LogP contribution is -2.23. The predicted octanol–water partition coefficient (Wildman–Crippen LogP) is 3.23. The zero-order valence-electron chi connectivity index (χ0n) is 12.5. The molecule has 1 heterocycles. The number of nitrogens with two attached hydrogens (primary N) is 1. The first-order chi connectivity index (χ1) is 11.2. The molecule has 4 heteroatoms. The Morgan fingerprint density at radius 2 is 1.87 bits per heavy atom. The van der Waals surface area contributed by atoms with E-state index in [9.17, 15) is 4.79 Å². The van der Waals surface area contributed by atoms with Crippen molar-refractivity contribution in [1.29, 1.82) is 0 Å². The van der Waals surface area contributed by atoms with Crippen LogP contribution in [0.1, 0.15) is 11.3 Å². The van der Waals surface area contributed by atoms with Crippen molar-refractivity contribution in [3.05, 3.63) is 71.9 Å². The van der Waals surface area contributed by atoms with Gasteiger partial charge < -0.3 is 15.5 Å². The van der Waals surface area contributed by atoms with Crippen LogP contribution in [0.2, 0.25) is 0 Å². The van der Waals surface area contributed by atoms with Gasteiger partial charge in [-0.25, -0.2) is 4.79 Å². The number of fused-ring (bicyclic) bond motifs is 1. The van der Waals surface area contributed by atoms with E-state index in [1.165, 1.54) is 0 Å². The standard InChI is InChI=1S/C19H16N2O2/c20-19(22)23-17(11-10-14-6-2-1-3-7-14)13-16-12-15-8-4-5-9-18(15)21-16/h1-9,12,17,21H,13H2,(H2,20,22). The van der Waals surface area contributed by atoms with Crippen molar-refractivity contribution in [1.82, 2.24) is 4.98 Å². The average molecular weight is 304 g/mol. The maximum absolute atomic E-state index is 11.1. The number of aromatic nitrogens is 1. The molecule has 3 aromatic rings. The van der Waals surface area contributed by atoms with Gasteiger partial charge >= 0.3 is 6.09 Å². The highest BCUT2D eigenvalue weighted by molar-refractivity contribution is 5.80. The maximum atomic E-state index is 11.1. The summed E-state index contributed by atoms with van der Waals surface area (Å²) in [5, 5.41) is 1.11. The minimum absolute atomic E-state index is 0.456. The van der Waals surface area contributed by atoms with E-state index in [0.717, 1.165) is 22.2 Å². The van der Waals surface area contributed by atoms with Crippen LogP contribution in [0.5, 0.6) is 0 Å². The number of nitrogens with one attached hydrogen (secondary N) is 1. The molecule has 0 fully saturated rings. The Labute approximate surface area is 134 Å². The summed E-state index contributed by atoms with van der Waals surface area (Å²) in [5.41, 5.74) is 8.00. The maximum Gasteiger partial charge on any atom is 0.405 e. The fourth-order valence-corrected chi connectivity index (χ4v) is 2.39. The molecular weight excluding hydrogens is 288 g/mol. The molecule has 3 N–H and O–H groups in total. The van der Waals surface area contributed by atoms with Crippen LogP contribution >= 0.6 is 0 Å². The summed E-state index contributed by atoms with van der Waals surface area (Å²) in [5.74, 6) is 5.97. The number of carbonyl (C=O) groups is 1. The number of ether oxygens (including phenoxy) is 1. The van der Waals surface area contributed by atoms with Crippen LogP contribution in [0.4, 0.5) is 4.79 Å². The first-order valence-corrected chi connectivity index (χ1v) is 7.30. The van der Waals surface area contributed by atoms with Gasteiger partial charge in [-0.1, -0.05) is 48.2 Å². The van der Waals surface area contributed by atoms with Gasteiger partial charge in [-0.2, -0.15) is 0 Å². The Bertz CT molecular complexity index is 839. The summed E-state index contributed by atoms with van der Waals surface area (Å²) in [6.07, 6.45) is -0.966. The number of amides is 1. The van der Waals surface area contributed by atoms with E-state index in [2.05, 4.69) is 16.8 Å². The fraction of sp³-hybridized carbons (Fsp3) is 0.105. The minimum Gasteiger partial charge on any atom is -0.433 e. The molecule has 0 aliphatic rings. The molecular formula is C19H16N2O2. The summed E-state index contributed by atoms with van der Waals surface area (Å²) in [6.45, 7) is 0. The molecule has 114 valence electrons. The number of para-hydroxylation sites is 1. The van der Waals surface area contributed by atoms with Crippen LogP contribution in [0.15, 0.2) is 60.7 Å². The number of benzene rings is 2. The van der Waals surface area contributed by atoms with E-state index in [-0.39, 0.29) is 0 Å². The van der Waals surface area contributed by atoms with Crippen LogP contribution in [-0.4, -0.2) is 17.2 Å². The second-order valence-corrected chi connectivity index (χ2v) is 5.15. The molecule has 0 spiro atoms. The van der Waals surface area contributed by atoms with E-state index in [0.29, 0.717) is 6.42 Å². The Kier molecular flexibility index (Phi) is 4.30. The Morgan fingerprint density at radius 3 is 2.61 bits per heavy atom. The molecule has 0 saturated heterocycles. The third-order valence-electron chi connectivity index (χ3n) is 3.40. The third-order valence-corrected chi connectivity index (χ3v) is 3.40. The second-order valence-electron chi connectivity index (χ2n) is 5.15. The van der Waals surface area contributed by atoms with Crippen molar-refractivity contribution in [3.63, 3.8) is 0 Å². The molecule has 0 aliphatic carbocycles. The van der Waals surface area contributed by atoms with Gasteiger partial charge in [0.15, 0.2) is 6.10 Å². The summed E-state index contributed by atoms with van der Waals surface area (Å²) in [4.78, 5) is 14.4. The van der Waals surface area contributed by atoms with Gasteiger partial charge in [-0.3, -0.25) is 0 Å². The molecule has 1 amide bonds. The minimum atomic E-state index is -0.825. The van der Waals surface area contributed by atoms with Crippen molar-refractivity contribution < 1.29 is 9.53 Å². The lowest BCUT2D eigenvalue weighted by atomic mass is 10.1. The molecule has 4 nitrogen and oxygen atoms in total. The Balaban J connectivity index is 1.81. The smallest absolute Gasteiger partial charge is 0.405 e. The highest BCUT2D eigenvalue weighted by atomic mass is 16.6. The van der Waals surface area contributed by atoms with E-state index in [1.807, 2.05) is 60.7 Å². The number of primary amides is 1. The Morgan fingerprint density at radius 1 is 1.13 bits per heavy atom. The first kappa shape index (κ1) is 14.7. The van der Waals surface area contributed by atoms with Gasteiger partial charge in [0.1, 0.15) is 0 Å². The topological polar surface area (TPSA) is 68.1 Å². The summed E-state index contributed by atoms with van der Waals surface area (Å²) in [7, 11) is 0. The second kappa shape index (κ2) is 6.71.